The molecule has 2 N–H and O–H groups in total. The second-order valence-corrected chi connectivity index (χ2v) is 6.78. The average Bonchev–Trinajstić information content (AvgIpc) is 2.12. The first-order valence-electron chi connectivity index (χ1n) is 7.30. The molecule has 0 aromatic heterocycles. The summed E-state index contributed by atoms with van der Waals surface area (Å²) in [6.45, 7) is 10.8. The van der Waals surface area contributed by atoms with Gasteiger partial charge in [0.15, 0.2) is 0 Å². The molecule has 0 spiro atoms. The van der Waals surface area contributed by atoms with Gasteiger partial charge in [0, 0.05) is 12.6 Å². The lowest BCUT2D eigenvalue weighted by atomic mass is 10.0. The Balaban J connectivity index is 3.84. The van der Waals surface area contributed by atoms with Crippen molar-refractivity contribution < 1.29 is 9.90 Å². The molecule has 19 heavy (non-hydrogen) atoms. The Labute approximate surface area is 118 Å². The van der Waals surface area contributed by atoms with Crippen molar-refractivity contribution in [2.75, 3.05) is 20.1 Å². The lowest BCUT2D eigenvalue weighted by Crippen LogP contribution is -2.44. The van der Waals surface area contributed by atoms with E-state index in [0.717, 1.165) is 18.8 Å². The molecule has 0 aliphatic carbocycles. The molecule has 0 fully saturated rings. The Bertz CT molecular complexity index is 259. The fourth-order valence-corrected chi connectivity index (χ4v) is 2.19. The largest absolute Gasteiger partial charge is 0.389 e. The molecule has 0 aliphatic heterocycles. The molecule has 0 heterocycles. The van der Waals surface area contributed by atoms with E-state index in [4.69, 9.17) is 0 Å². The summed E-state index contributed by atoms with van der Waals surface area (Å²) in [7, 11) is 1.85. The zero-order valence-electron chi connectivity index (χ0n) is 13.5. The molecule has 4 heteroatoms. The van der Waals surface area contributed by atoms with E-state index in [1.54, 1.807) is 13.8 Å². The first-order valence-corrected chi connectivity index (χ1v) is 7.30. The second kappa shape index (κ2) is 8.54. The molecule has 1 atom stereocenters. The van der Waals surface area contributed by atoms with Crippen molar-refractivity contribution >= 4 is 5.91 Å². The number of carbonyl (C=O) groups is 1. The highest BCUT2D eigenvalue weighted by Crippen LogP contribution is 2.08. The van der Waals surface area contributed by atoms with Gasteiger partial charge in [0.1, 0.15) is 0 Å². The van der Waals surface area contributed by atoms with E-state index in [0.29, 0.717) is 13.1 Å². The number of hydrogen-bond donors (Lipinski definition) is 2. The van der Waals surface area contributed by atoms with Gasteiger partial charge in [-0.15, -0.1) is 0 Å². The predicted octanol–water partition coefficient (Wildman–Crippen LogP) is 2.02. The monoisotopic (exact) mass is 272 g/mol. The van der Waals surface area contributed by atoms with E-state index in [2.05, 4.69) is 19.2 Å². The first kappa shape index (κ1) is 18.4. The van der Waals surface area contributed by atoms with Gasteiger partial charge in [0.25, 0.3) is 0 Å². The summed E-state index contributed by atoms with van der Waals surface area (Å²) in [4.78, 5) is 13.7. The summed E-state index contributed by atoms with van der Waals surface area (Å²) < 4.78 is 0. The molecule has 0 aromatic rings. The zero-order valence-corrected chi connectivity index (χ0v) is 13.5. The average molecular weight is 272 g/mol. The van der Waals surface area contributed by atoms with E-state index < -0.39 is 5.60 Å². The SMILES string of the molecule is CC(C)CCCC(C)NC(=O)CN(C)CC(C)(C)O. The molecule has 0 saturated heterocycles. The molecular formula is C15H32N2O2. The Kier molecular flexibility index (Phi) is 8.26. The lowest BCUT2D eigenvalue weighted by molar-refractivity contribution is -0.123. The molecule has 0 aromatic carbocycles. The van der Waals surface area contributed by atoms with E-state index in [1.165, 1.54) is 6.42 Å². The van der Waals surface area contributed by atoms with Gasteiger partial charge < -0.3 is 10.4 Å². The van der Waals surface area contributed by atoms with Crippen molar-refractivity contribution in [1.29, 1.82) is 0 Å². The Hall–Kier alpha value is -0.610. The van der Waals surface area contributed by atoms with Crippen molar-refractivity contribution in [2.45, 2.75) is 65.5 Å². The number of nitrogens with one attached hydrogen (secondary N) is 1. The number of hydrogen-bond acceptors (Lipinski definition) is 3. The van der Waals surface area contributed by atoms with Gasteiger partial charge in [-0.05, 0) is 40.2 Å². The Morgan fingerprint density at radius 3 is 2.32 bits per heavy atom. The van der Waals surface area contributed by atoms with E-state index in [1.807, 2.05) is 18.9 Å². The molecule has 0 saturated carbocycles. The highest BCUT2D eigenvalue weighted by molar-refractivity contribution is 5.78. The highest BCUT2D eigenvalue weighted by Gasteiger charge is 2.17. The van der Waals surface area contributed by atoms with Crippen molar-refractivity contribution in [3.05, 3.63) is 0 Å². The summed E-state index contributed by atoms with van der Waals surface area (Å²) in [5.41, 5.74) is -0.766. The van der Waals surface area contributed by atoms with Crippen LogP contribution in [0.15, 0.2) is 0 Å². The van der Waals surface area contributed by atoms with Crippen LogP contribution in [0.25, 0.3) is 0 Å². The second-order valence-electron chi connectivity index (χ2n) is 6.78. The quantitative estimate of drug-likeness (QED) is 0.675. The maximum Gasteiger partial charge on any atom is 0.234 e. The molecule has 0 radical (unpaired) electrons. The van der Waals surface area contributed by atoms with Crippen molar-refractivity contribution in [3.8, 4) is 0 Å². The van der Waals surface area contributed by atoms with Gasteiger partial charge in [-0.2, -0.15) is 0 Å². The van der Waals surface area contributed by atoms with Crippen molar-refractivity contribution in [3.63, 3.8) is 0 Å². The fourth-order valence-electron chi connectivity index (χ4n) is 2.19. The number of carbonyl (C=O) groups excluding carboxylic acids is 1. The Morgan fingerprint density at radius 1 is 1.26 bits per heavy atom. The third-order valence-corrected chi connectivity index (χ3v) is 2.90. The molecule has 0 aliphatic rings. The summed E-state index contributed by atoms with van der Waals surface area (Å²) in [5, 5.41) is 12.7. The van der Waals surface area contributed by atoms with Crippen molar-refractivity contribution in [2.24, 2.45) is 5.92 Å². The van der Waals surface area contributed by atoms with Crippen LogP contribution in [0.4, 0.5) is 0 Å². The lowest BCUT2D eigenvalue weighted by Gasteiger charge is -2.25. The summed E-state index contributed by atoms with van der Waals surface area (Å²) in [6, 6.07) is 0.224. The predicted molar refractivity (Wildman–Crippen MR) is 80.1 cm³/mol. The van der Waals surface area contributed by atoms with Crippen LogP contribution in [0.5, 0.6) is 0 Å². The van der Waals surface area contributed by atoms with E-state index in [9.17, 15) is 9.90 Å². The fraction of sp³-hybridized carbons (Fsp3) is 0.933. The maximum atomic E-state index is 11.8. The summed E-state index contributed by atoms with van der Waals surface area (Å²) >= 11 is 0. The number of nitrogens with zero attached hydrogens (tertiary/aromatic N) is 1. The van der Waals surface area contributed by atoms with Gasteiger partial charge in [-0.1, -0.05) is 26.7 Å². The van der Waals surface area contributed by atoms with Crippen LogP contribution >= 0.6 is 0 Å². The molecular weight excluding hydrogens is 240 g/mol. The molecule has 1 unspecified atom stereocenters. The minimum absolute atomic E-state index is 0.0313. The number of amides is 1. The maximum absolute atomic E-state index is 11.8. The third kappa shape index (κ3) is 12.2. The highest BCUT2D eigenvalue weighted by atomic mass is 16.3. The molecule has 4 nitrogen and oxygen atoms in total. The van der Waals surface area contributed by atoms with Crippen LogP contribution in [0.1, 0.15) is 53.9 Å². The zero-order chi connectivity index (χ0) is 15.1. The number of rotatable bonds is 9. The van der Waals surface area contributed by atoms with Crippen LogP contribution in [0.2, 0.25) is 0 Å². The van der Waals surface area contributed by atoms with Gasteiger partial charge in [0.05, 0.1) is 12.1 Å². The number of likely N-dealkylation sites (N-methyl/N-ethyl adjacent to an activating group) is 1. The van der Waals surface area contributed by atoms with Crippen molar-refractivity contribution in [1.82, 2.24) is 10.2 Å². The minimum atomic E-state index is -0.766. The summed E-state index contributed by atoms with van der Waals surface area (Å²) in [5.74, 6) is 0.754. The summed E-state index contributed by atoms with van der Waals surface area (Å²) in [6.07, 6.45) is 3.39. The Morgan fingerprint density at radius 2 is 1.84 bits per heavy atom. The van der Waals surface area contributed by atoms with Crippen LogP contribution in [0, 0.1) is 5.92 Å². The van der Waals surface area contributed by atoms with E-state index >= 15 is 0 Å². The minimum Gasteiger partial charge on any atom is -0.389 e. The molecule has 1 amide bonds. The molecule has 0 rings (SSSR count). The van der Waals surface area contributed by atoms with Gasteiger partial charge in [-0.25, -0.2) is 0 Å². The molecule has 114 valence electrons. The topological polar surface area (TPSA) is 52.6 Å². The number of aliphatic hydroxyl groups is 1. The normalized spacial score (nSPS) is 13.9. The van der Waals surface area contributed by atoms with Crippen LogP contribution in [-0.4, -0.2) is 47.7 Å². The van der Waals surface area contributed by atoms with Gasteiger partial charge >= 0.3 is 0 Å². The smallest absolute Gasteiger partial charge is 0.234 e. The van der Waals surface area contributed by atoms with Crippen LogP contribution in [0.3, 0.4) is 0 Å². The third-order valence-electron chi connectivity index (χ3n) is 2.90. The van der Waals surface area contributed by atoms with Crippen LogP contribution < -0.4 is 5.32 Å². The molecule has 0 bridgehead atoms. The van der Waals surface area contributed by atoms with E-state index in [-0.39, 0.29) is 11.9 Å². The van der Waals surface area contributed by atoms with Crippen LogP contribution in [-0.2, 0) is 4.79 Å². The standard InChI is InChI=1S/C15H32N2O2/c1-12(2)8-7-9-13(3)16-14(18)10-17(6)11-15(4,5)19/h12-13,19H,7-11H2,1-6H3,(H,16,18). The van der Waals surface area contributed by atoms with Gasteiger partial charge in [-0.3, -0.25) is 9.69 Å². The van der Waals surface area contributed by atoms with Gasteiger partial charge in [0.2, 0.25) is 5.91 Å². The first-order chi connectivity index (χ1) is 8.60.